The Morgan fingerprint density at radius 3 is 1.66 bits per heavy atom. The summed E-state index contributed by atoms with van der Waals surface area (Å²) in [5.41, 5.74) is 0.566. The van der Waals surface area contributed by atoms with Gasteiger partial charge in [0.1, 0.15) is 0 Å². The van der Waals surface area contributed by atoms with Crippen molar-refractivity contribution in [1.82, 2.24) is 4.98 Å². The molecule has 148 valence electrons. The van der Waals surface area contributed by atoms with Crippen molar-refractivity contribution in [1.29, 1.82) is 5.26 Å². The Labute approximate surface area is 162 Å². The molecule has 1 heterocycles. The highest BCUT2D eigenvalue weighted by Gasteiger charge is 2.31. The number of nitrogens with zero attached hydrogens (tertiary/aromatic N) is 2. The van der Waals surface area contributed by atoms with E-state index in [1.165, 1.54) is 30.5 Å². The summed E-state index contributed by atoms with van der Waals surface area (Å²) in [4.78, 5) is 4.20. The second-order valence-corrected chi connectivity index (χ2v) is 6.20. The number of nitriles is 1. The molecule has 0 amide bonds. The van der Waals surface area contributed by atoms with Crippen LogP contribution in [-0.4, -0.2) is 4.98 Å². The van der Waals surface area contributed by atoms with Gasteiger partial charge in [-0.1, -0.05) is 24.3 Å². The van der Waals surface area contributed by atoms with E-state index >= 15 is 0 Å². The summed E-state index contributed by atoms with van der Waals surface area (Å²) in [5.74, 6) is 0. The first-order valence-electron chi connectivity index (χ1n) is 8.31. The molecule has 2 aromatic carbocycles. The lowest BCUT2D eigenvalue weighted by atomic mass is 9.97. The molecular weight excluding hydrogens is 394 g/mol. The average molecular weight is 406 g/mol. The number of rotatable bonds is 3. The topological polar surface area (TPSA) is 36.7 Å². The minimum atomic E-state index is -4.48. The van der Waals surface area contributed by atoms with Gasteiger partial charge in [0.15, 0.2) is 0 Å². The van der Waals surface area contributed by atoms with E-state index in [-0.39, 0.29) is 6.42 Å². The molecule has 3 aromatic rings. The summed E-state index contributed by atoms with van der Waals surface area (Å²) in [6, 6.07) is 12.4. The first-order chi connectivity index (χ1) is 13.6. The first kappa shape index (κ1) is 20.4. The molecule has 0 aliphatic rings. The Hall–Kier alpha value is -3.34. The summed E-state index contributed by atoms with van der Waals surface area (Å²) in [6.45, 7) is 0. The van der Waals surface area contributed by atoms with Crippen LogP contribution in [0.1, 0.15) is 16.8 Å². The lowest BCUT2D eigenvalue weighted by Gasteiger charge is -2.12. The van der Waals surface area contributed by atoms with Crippen LogP contribution in [-0.2, 0) is 18.8 Å². The van der Waals surface area contributed by atoms with Crippen LogP contribution in [0, 0.1) is 11.3 Å². The molecule has 8 heteroatoms. The standard InChI is InChI=1S/C21H12F6N2/c22-20(23,24)16-5-1-13(2-6-16)15-11-18(19(9-10-28)29-12-15)14-3-7-17(8-4-14)21(25,26)27/h1-8,11-12H,9H2. The molecule has 29 heavy (non-hydrogen) atoms. The van der Waals surface area contributed by atoms with Crippen LogP contribution >= 0.6 is 0 Å². The van der Waals surface area contributed by atoms with Gasteiger partial charge in [0, 0.05) is 17.3 Å². The van der Waals surface area contributed by atoms with Gasteiger partial charge in [0.05, 0.1) is 29.3 Å². The summed E-state index contributed by atoms with van der Waals surface area (Å²) in [6.07, 6.45) is -7.58. The second-order valence-electron chi connectivity index (χ2n) is 6.20. The van der Waals surface area contributed by atoms with Gasteiger partial charge in [-0.2, -0.15) is 31.6 Å². The molecule has 0 N–H and O–H groups in total. The number of benzene rings is 2. The third-order valence-corrected chi connectivity index (χ3v) is 4.29. The molecule has 3 rings (SSSR count). The van der Waals surface area contributed by atoms with E-state index in [1.807, 2.05) is 6.07 Å². The van der Waals surface area contributed by atoms with Gasteiger partial charge in [-0.3, -0.25) is 4.98 Å². The molecule has 0 unspecified atom stereocenters. The summed E-state index contributed by atoms with van der Waals surface area (Å²) >= 11 is 0. The maximum absolute atomic E-state index is 12.8. The zero-order chi connectivity index (χ0) is 21.2. The van der Waals surface area contributed by atoms with Gasteiger partial charge >= 0.3 is 12.4 Å². The fraction of sp³-hybridized carbons (Fsp3) is 0.143. The summed E-state index contributed by atoms with van der Waals surface area (Å²) in [7, 11) is 0. The molecule has 0 radical (unpaired) electrons. The number of hydrogen-bond donors (Lipinski definition) is 0. The fourth-order valence-corrected chi connectivity index (χ4v) is 2.81. The van der Waals surface area contributed by atoms with E-state index in [1.54, 1.807) is 6.07 Å². The molecule has 2 nitrogen and oxygen atoms in total. The maximum atomic E-state index is 12.8. The molecule has 0 aliphatic heterocycles. The Bertz CT molecular complexity index is 1040. The normalized spacial score (nSPS) is 11.9. The van der Waals surface area contributed by atoms with Crippen molar-refractivity contribution in [2.45, 2.75) is 18.8 Å². The van der Waals surface area contributed by atoms with Crippen LogP contribution in [0.4, 0.5) is 26.3 Å². The van der Waals surface area contributed by atoms with Crippen LogP contribution in [0.15, 0.2) is 60.8 Å². The SMILES string of the molecule is N#CCc1ncc(-c2ccc(C(F)(F)F)cc2)cc1-c1ccc(C(F)(F)F)cc1. The number of alkyl halides is 6. The van der Waals surface area contributed by atoms with Crippen molar-refractivity contribution in [3.63, 3.8) is 0 Å². The Kier molecular flexibility index (Phi) is 5.33. The van der Waals surface area contributed by atoms with E-state index < -0.39 is 23.5 Å². The van der Waals surface area contributed by atoms with Gasteiger partial charge in [0.2, 0.25) is 0 Å². The van der Waals surface area contributed by atoms with Gasteiger partial charge in [-0.05, 0) is 41.5 Å². The van der Waals surface area contributed by atoms with Crippen molar-refractivity contribution in [2.75, 3.05) is 0 Å². The highest BCUT2D eigenvalue weighted by molar-refractivity contribution is 5.74. The zero-order valence-electron chi connectivity index (χ0n) is 14.6. The lowest BCUT2D eigenvalue weighted by molar-refractivity contribution is -0.138. The number of hydrogen-bond acceptors (Lipinski definition) is 2. The minimum Gasteiger partial charge on any atom is -0.259 e. The van der Waals surface area contributed by atoms with Gasteiger partial charge in [-0.15, -0.1) is 0 Å². The van der Waals surface area contributed by atoms with E-state index in [2.05, 4.69) is 4.98 Å². The number of aromatic nitrogens is 1. The Morgan fingerprint density at radius 1 is 0.724 bits per heavy atom. The third-order valence-electron chi connectivity index (χ3n) is 4.29. The van der Waals surface area contributed by atoms with Crippen molar-refractivity contribution in [3.05, 3.63) is 77.6 Å². The average Bonchev–Trinajstić information content (AvgIpc) is 2.67. The molecule has 0 fully saturated rings. The van der Waals surface area contributed by atoms with Gasteiger partial charge in [0.25, 0.3) is 0 Å². The molecule has 0 saturated carbocycles. The summed E-state index contributed by atoms with van der Waals surface area (Å²) < 4.78 is 76.6. The third kappa shape index (κ3) is 4.57. The molecule has 1 aromatic heterocycles. The number of pyridine rings is 1. The van der Waals surface area contributed by atoms with Crippen LogP contribution in [0.5, 0.6) is 0 Å². The smallest absolute Gasteiger partial charge is 0.259 e. The van der Waals surface area contributed by atoms with Crippen molar-refractivity contribution >= 4 is 0 Å². The monoisotopic (exact) mass is 406 g/mol. The van der Waals surface area contributed by atoms with Crippen LogP contribution in [0.25, 0.3) is 22.3 Å². The van der Waals surface area contributed by atoms with Crippen LogP contribution < -0.4 is 0 Å². The maximum Gasteiger partial charge on any atom is 0.416 e. The molecule has 0 bridgehead atoms. The zero-order valence-corrected chi connectivity index (χ0v) is 14.6. The predicted molar refractivity (Wildman–Crippen MR) is 94.4 cm³/mol. The fourth-order valence-electron chi connectivity index (χ4n) is 2.81. The predicted octanol–water partition coefficient (Wildman–Crippen LogP) is 6.52. The molecule has 0 spiro atoms. The van der Waals surface area contributed by atoms with Crippen molar-refractivity contribution < 1.29 is 26.3 Å². The molecule has 0 aliphatic carbocycles. The largest absolute Gasteiger partial charge is 0.416 e. The summed E-state index contributed by atoms with van der Waals surface area (Å²) in [5, 5.41) is 8.99. The van der Waals surface area contributed by atoms with E-state index in [0.717, 1.165) is 24.3 Å². The van der Waals surface area contributed by atoms with Gasteiger partial charge < -0.3 is 0 Å². The van der Waals surface area contributed by atoms with Gasteiger partial charge in [-0.25, -0.2) is 0 Å². The molecule has 0 atom stereocenters. The molecular formula is C21H12F6N2. The first-order valence-corrected chi connectivity index (χ1v) is 8.31. The molecule has 0 saturated heterocycles. The van der Waals surface area contributed by atoms with Crippen molar-refractivity contribution in [3.8, 4) is 28.3 Å². The second kappa shape index (κ2) is 7.59. The Morgan fingerprint density at radius 2 is 1.21 bits per heavy atom. The van der Waals surface area contributed by atoms with E-state index in [9.17, 15) is 26.3 Å². The highest BCUT2D eigenvalue weighted by atomic mass is 19.4. The van der Waals surface area contributed by atoms with Crippen LogP contribution in [0.2, 0.25) is 0 Å². The van der Waals surface area contributed by atoms with E-state index in [0.29, 0.717) is 27.9 Å². The number of halogens is 6. The lowest BCUT2D eigenvalue weighted by Crippen LogP contribution is -2.04. The van der Waals surface area contributed by atoms with Crippen molar-refractivity contribution in [2.24, 2.45) is 0 Å². The van der Waals surface area contributed by atoms with Crippen LogP contribution in [0.3, 0.4) is 0 Å². The highest BCUT2D eigenvalue weighted by Crippen LogP contribution is 2.34. The quantitative estimate of drug-likeness (QED) is 0.465. The van der Waals surface area contributed by atoms with E-state index in [4.69, 9.17) is 5.26 Å². The Balaban J connectivity index is 2.04. The minimum absolute atomic E-state index is 0.0658.